The van der Waals surface area contributed by atoms with Gasteiger partial charge in [-0.3, -0.25) is 19.2 Å². The molecule has 3 N–H and O–H groups in total. The van der Waals surface area contributed by atoms with Crippen LogP contribution in [-0.2, 0) is 32.8 Å². The molecule has 0 atom stereocenters. The Morgan fingerprint density at radius 3 is 2.26 bits per heavy atom. The molecule has 0 unspecified atom stereocenters. The van der Waals surface area contributed by atoms with Crippen molar-refractivity contribution >= 4 is 66.7 Å². The van der Waals surface area contributed by atoms with Crippen LogP contribution in [0.2, 0.25) is 0 Å². The minimum Gasteiger partial charge on any atom is -0.487 e. The van der Waals surface area contributed by atoms with Crippen molar-refractivity contribution in [2.45, 2.75) is 70.0 Å². The number of hydrogen-bond donors (Lipinski definition) is 3. The number of nitrogens with zero attached hydrogens (tertiary/aromatic N) is 2. The van der Waals surface area contributed by atoms with Crippen molar-refractivity contribution in [2.24, 2.45) is 5.92 Å². The number of amides is 4. The molecule has 2 aliphatic rings. The third kappa shape index (κ3) is 8.96. The summed E-state index contributed by atoms with van der Waals surface area (Å²) < 4.78 is 70.7. The summed E-state index contributed by atoms with van der Waals surface area (Å²) in [5.74, 6) is -1.64. The monoisotopic (exact) mass is 817 g/mol. The molecule has 5 aromatic rings. The van der Waals surface area contributed by atoms with Gasteiger partial charge in [0.2, 0.25) is 11.8 Å². The smallest absolute Gasteiger partial charge is 0.487 e. The molecule has 1 aliphatic heterocycles. The van der Waals surface area contributed by atoms with Gasteiger partial charge in [-0.1, -0.05) is 49.2 Å². The van der Waals surface area contributed by atoms with Crippen LogP contribution in [-0.4, -0.2) is 60.1 Å². The normalized spacial score (nSPS) is 14.8. The lowest BCUT2D eigenvalue weighted by Gasteiger charge is -2.18. The molecule has 2 heterocycles. The molecule has 2 fully saturated rings. The molecular weight excluding hydrogens is 776 g/mol. The summed E-state index contributed by atoms with van der Waals surface area (Å²) in [5.41, 5.74) is -3.67. The van der Waals surface area contributed by atoms with Crippen LogP contribution in [0.25, 0.3) is 21.7 Å². The zero-order chi connectivity index (χ0) is 41.0. The molecule has 7 rings (SSSR count). The lowest BCUT2D eigenvalue weighted by atomic mass is 10.1. The van der Waals surface area contributed by atoms with Gasteiger partial charge in [-0.15, -0.1) is 0 Å². The van der Waals surface area contributed by atoms with E-state index in [2.05, 4.69) is 10.6 Å². The van der Waals surface area contributed by atoms with Crippen LogP contribution in [0.4, 0.5) is 24.5 Å². The Hall–Kier alpha value is -5.90. The second-order valence-electron chi connectivity index (χ2n) is 14.6. The van der Waals surface area contributed by atoms with Crippen LogP contribution in [0.3, 0.4) is 0 Å². The highest BCUT2D eigenvalue weighted by atomic mass is 32.2. The van der Waals surface area contributed by atoms with Crippen LogP contribution in [0.1, 0.15) is 77.8 Å². The predicted molar refractivity (Wildman–Crippen MR) is 213 cm³/mol. The Morgan fingerprint density at radius 1 is 0.793 bits per heavy atom. The lowest BCUT2D eigenvalue weighted by molar-refractivity contribution is -0.119. The van der Waals surface area contributed by atoms with Gasteiger partial charge in [0.05, 0.1) is 11.3 Å². The highest BCUT2D eigenvalue weighted by molar-refractivity contribution is 7.90. The van der Waals surface area contributed by atoms with E-state index >= 15 is 0 Å². The molecule has 4 aromatic carbocycles. The Kier molecular flexibility index (Phi) is 11.7. The van der Waals surface area contributed by atoms with Gasteiger partial charge in [0.15, 0.2) is 0 Å². The van der Waals surface area contributed by atoms with E-state index in [0.717, 1.165) is 66.2 Å². The fourth-order valence-electron chi connectivity index (χ4n) is 7.65. The third-order valence-electron chi connectivity index (χ3n) is 10.6. The number of alkyl halides is 3. The number of carbonyl (C=O) groups excluding carboxylic acids is 4. The van der Waals surface area contributed by atoms with Gasteiger partial charge in [0.25, 0.3) is 11.8 Å². The number of anilines is 2. The number of halogens is 3. The van der Waals surface area contributed by atoms with Gasteiger partial charge in [0.1, 0.15) is 12.4 Å². The average molecular weight is 818 g/mol. The van der Waals surface area contributed by atoms with Crippen LogP contribution in [0.5, 0.6) is 5.75 Å². The number of aromatic nitrogens is 1. The fourth-order valence-corrected chi connectivity index (χ4v) is 8.12. The molecule has 4 amide bonds. The standard InChI is InChI=1S/C42H42F3N5O7S/c43-42(44,45)58(55,56)48-40(53)30-13-7-14-31(23-30)46-37(51)15-8-22-50-35-19-17-32(47-39(52)28-10-2-3-11-28)25-34(35)38(41(54)49-20-5-6-21-49)36(50)26-57-33-18-16-27-9-1-4-12-29(27)24-33/h1,4,7,9,12-14,16-19,23-25,28H,2-3,5-6,8,10-11,15,20-22,26H2,(H,46,51)(H,47,52)(H,48,53). The van der Waals surface area contributed by atoms with Crippen LogP contribution < -0.4 is 20.1 Å². The number of benzene rings is 4. The maximum absolute atomic E-state index is 14.4. The summed E-state index contributed by atoms with van der Waals surface area (Å²) >= 11 is 0. The van der Waals surface area contributed by atoms with Gasteiger partial charge in [-0.2, -0.15) is 21.6 Å². The lowest BCUT2D eigenvalue weighted by Crippen LogP contribution is -2.40. The number of sulfonamides is 1. The Bertz CT molecular complexity index is 2490. The van der Waals surface area contributed by atoms with E-state index in [1.54, 1.807) is 6.07 Å². The van der Waals surface area contributed by atoms with Crippen molar-refractivity contribution in [2.75, 3.05) is 23.7 Å². The molecule has 12 nitrogen and oxygen atoms in total. The molecule has 1 aromatic heterocycles. The highest BCUT2D eigenvalue weighted by Gasteiger charge is 2.47. The van der Waals surface area contributed by atoms with Crippen molar-refractivity contribution in [3.8, 4) is 5.75 Å². The Labute approximate surface area is 332 Å². The predicted octanol–water partition coefficient (Wildman–Crippen LogP) is 7.74. The number of ether oxygens (including phenoxy) is 1. The number of fused-ring (bicyclic) bond motifs is 2. The topological polar surface area (TPSA) is 156 Å². The second-order valence-corrected chi connectivity index (χ2v) is 16.3. The summed E-state index contributed by atoms with van der Waals surface area (Å²) in [6.07, 6.45) is 5.69. The SMILES string of the molecule is O=C(CCCn1c(COc2ccc3ccccc3c2)c(C(=O)N2CCCC2)c2cc(NC(=O)C3CCCC3)ccc21)Nc1cccc(C(=O)NS(=O)(=O)C(F)(F)F)c1. The quantitative estimate of drug-likeness (QED) is 0.110. The van der Waals surface area contributed by atoms with Gasteiger partial charge < -0.3 is 24.8 Å². The maximum atomic E-state index is 14.4. The first kappa shape index (κ1) is 40.3. The molecule has 16 heteroatoms. The van der Waals surface area contributed by atoms with E-state index in [1.807, 2.05) is 64.1 Å². The number of likely N-dealkylation sites (tertiary alicyclic amines) is 1. The average Bonchev–Trinajstić information content (AvgIpc) is 3.99. The minimum absolute atomic E-state index is 0.0246. The largest absolute Gasteiger partial charge is 0.516 e. The van der Waals surface area contributed by atoms with Crippen molar-refractivity contribution in [1.29, 1.82) is 0 Å². The second kappa shape index (κ2) is 16.9. The molecule has 304 valence electrons. The molecule has 1 saturated carbocycles. The van der Waals surface area contributed by atoms with E-state index in [-0.39, 0.29) is 49.4 Å². The van der Waals surface area contributed by atoms with Crippen molar-refractivity contribution < 1.29 is 45.5 Å². The Balaban J connectivity index is 1.15. The molecule has 58 heavy (non-hydrogen) atoms. The number of aryl methyl sites for hydroxylation is 1. The van der Waals surface area contributed by atoms with E-state index in [9.17, 15) is 40.8 Å². The molecule has 1 saturated heterocycles. The summed E-state index contributed by atoms with van der Waals surface area (Å²) in [5, 5.41) is 8.35. The molecular formula is C42H42F3N5O7S. The number of nitrogens with one attached hydrogen (secondary N) is 3. The first-order valence-electron chi connectivity index (χ1n) is 19.2. The van der Waals surface area contributed by atoms with E-state index in [0.29, 0.717) is 46.7 Å². The zero-order valence-corrected chi connectivity index (χ0v) is 32.3. The first-order chi connectivity index (χ1) is 27.8. The fraction of sp³-hybridized carbons (Fsp3) is 0.333. The maximum Gasteiger partial charge on any atom is 0.516 e. The van der Waals surface area contributed by atoms with Gasteiger partial charge in [-0.05, 0) is 91.4 Å². The van der Waals surface area contributed by atoms with Crippen molar-refractivity contribution in [1.82, 2.24) is 14.2 Å². The number of carbonyl (C=O) groups is 4. The van der Waals surface area contributed by atoms with Crippen LogP contribution in [0, 0.1) is 5.92 Å². The van der Waals surface area contributed by atoms with E-state index < -0.39 is 32.9 Å². The molecule has 1 aliphatic carbocycles. The summed E-state index contributed by atoms with van der Waals surface area (Å²) in [7, 11) is -5.93. The van der Waals surface area contributed by atoms with Crippen LogP contribution >= 0.6 is 0 Å². The zero-order valence-electron chi connectivity index (χ0n) is 31.4. The van der Waals surface area contributed by atoms with Crippen LogP contribution in [0.15, 0.2) is 84.9 Å². The van der Waals surface area contributed by atoms with Gasteiger partial charge in [-0.25, -0.2) is 4.72 Å². The van der Waals surface area contributed by atoms with Crippen molar-refractivity contribution in [3.05, 3.63) is 102 Å². The third-order valence-corrected chi connectivity index (χ3v) is 11.7. The minimum atomic E-state index is -5.93. The number of hydrogen-bond acceptors (Lipinski definition) is 7. The molecule has 0 radical (unpaired) electrons. The van der Waals surface area contributed by atoms with Crippen molar-refractivity contribution in [3.63, 3.8) is 0 Å². The highest BCUT2D eigenvalue weighted by Crippen LogP contribution is 2.34. The summed E-state index contributed by atoms with van der Waals surface area (Å²) in [4.78, 5) is 54.9. The van der Waals surface area contributed by atoms with Gasteiger partial charge >= 0.3 is 15.5 Å². The first-order valence-corrected chi connectivity index (χ1v) is 20.7. The van der Waals surface area contributed by atoms with E-state index in [4.69, 9.17) is 4.74 Å². The van der Waals surface area contributed by atoms with E-state index in [1.165, 1.54) is 12.1 Å². The molecule has 0 bridgehead atoms. The summed E-state index contributed by atoms with van der Waals surface area (Å²) in [6.45, 7) is 1.52. The molecule has 0 spiro atoms. The number of rotatable bonds is 13. The van der Waals surface area contributed by atoms with Gasteiger partial charge in [0, 0.05) is 59.8 Å². The summed E-state index contributed by atoms with van der Waals surface area (Å²) in [6, 6.07) is 24.0. The Morgan fingerprint density at radius 2 is 1.52 bits per heavy atom.